The Labute approximate surface area is 121 Å². The zero-order valence-corrected chi connectivity index (χ0v) is 11.9. The number of aliphatic carboxylic acids is 1. The van der Waals surface area contributed by atoms with Crippen LogP contribution < -0.4 is 0 Å². The van der Waals surface area contributed by atoms with Crippen molar-refractivity contribution in [1.29, 1.82) is 0 Å². The zero-order valence-electron chi connectivity index (χ0n) is 11.0. The molecule has 2 nitrogen and oxygen atoms in total. The molecule has 0 amide bonds. The van der Waals surface area contributed by atoms with E-state index < -0.39 is 33.4 Å². The highest BCUT2D eigenvalue weighted by Gasteiger charge is 2.42. The van der Waals surface area contributed by atoms with Crippen molar-refractivity contribution in [1.82, 2.24) is 0 Å². The molecule has 0 aliphatic rings. The summed E-state index contributed by atoms with van der Waals surface area (Å²) in [5.74, 6) is -2.71. The van der Waals surface area contributed by atoms with Crippen LogP contribution in [0.2, 0.25) is 0 Å². The highest BCUT2D eigenvalue weighted by atomic mass is 32.4. The minimum Gasteiger partial charge on any atom is -0.481 e. The van der Waals surface area contributed by atoms with E-state index in [0.29, 0.717) is 5.56 Å². The first kappa shape index (κ1) is 15.4. The molecule has 1 N–H and O–H groups in total. The summed E-state index contributed by atoms with van der Waals surface area (Å²) in [6.07, 6.45) is -0.898. The summed E-state index contributed by atoms with van der Waals surface area (Å²) in [5.41, 5.74) is 0.582. The van der Waals surface area contributed by atoms with Gasteiger partial charge in [0.2, 0.25) is 0 Å². The summed E-state index contributed by atoms with van der Waals surface area (Å²) in [4.78, 5) is 9.81. The molecule has 0 atom stereocenters. The minimum atomic E-state index is -6.73. The van der Waals surface area contributed by atoms with Crippen LogP contribution in [-0.4, -0.2) is 16.8 Å². The molecule has 0 unspecified atom stereocenters. The van der Waals surface area contributed by atoms with Gasteiger partial charge < -0.3 is 5.11 Å². The topological polar surface area (TPSA) is 37.3 Å². The third-order valence-corrected chi connectivity index (χ3v) is 5.35. The SMILES string of the molecule is O=C(O)CC[SH](F)(F)(F)c1ccccc1-c1ccccc1. The van der Waals surface area contributed by atoms with E-state index in [2.05, 4.69) is 0 Å². The lowest BCUT2D eigenvalue weighted by molar-refractivity contribution is -0.136. The predicted molar refractivity (Wildman–Crippen MR) is 79.6 cm³/mol. The molecule has 0 aromatic heterocycles. The number of carboxylic acids is 1. The Balaban J connectivity index is 2.51. The molecule has 0 saturated heterocycles. The van der Waals surface area contributed by atoms with Gasteiger partial charge in [0.05, 0.1) is 21.6 Å². The number of hydrogen-bond donors (Lipinski definition) is 2. The van der Waals surface area contributed by atoms with Crippen LogP contribution in [0, 0.1) is 0 Å². The molecule has 2 aromatic rings. The van der Waals surface area contributed by atoms with Gasteiger partial charge in [-0.1, -0.05) is 48.5 Å². The molecule has 0 saturated carbocycles. The van der Waals surface area contributed by atoms with Crippen molar-refractivity contribution >= 4 is 16.3 Å². The second-order valence-corrected chi connectivity index (χ2v) is 7.57. The van der Waals surface area contributed by atoms with Crippen molar-refractivity contribution in [2.45, 2.75) is 11.3 Å². The molecule has 0 aliphatic heterocycles. The molecule has 2 rings (SSSR count). The fraction of sp³-hybridized carbons (Fsp3) is 0.133. The normalized spacial score (nSPS) is 13.4. The van der Waals surface area contributed by atoms with E-state index in [0.717, 1.165) is 6.07 Å². The van der Waals surface area contributed by atoms with E-state index in [-0.39, 0.29) is 5.56 Å². The molecule has 0 heterocycles. The van der Waals surface area contributed by atoms with Gasteiger partial charge in [0, 0.05) is 5.75 Å². The van der Waals surface area contributed by atoms with Crippen molar-refractivity contribution in [3.8, 4) is 11.1 Å². The largest absolute Gasteiger partial charge is 0.481 e. The third kappa shape index (κ3) is 3.58. The summed E-state index contributed by atoms with van der Waals surface area (Å²) in [7, 11) is -6.73. The molecule has 0 fully saturated rings. The average Bonchev–Trinajstić information content (AvgIpc) is 2.46. The van der Waals surface area contributed by atoms with Crippen LogP contribution in [0.1, 0.15) is 6.42 Å². The van der Waals surface area contributed by atoms with E-state index in [1.165, 1.54) is 12.1 Å². The lowest BCUT2D eigenvalue weighted by Crippen LogP contribution is -2.11. The maximum atomic E-state index is 14.4. The zero-order chi connectivity index (χ0) is 15.5. The van der Waals surface area contributed by atoms with E-state index in [4.69, 9.17) is 5.11 Å². The van der Waals surface area contributed by atoms with Crippen LogP contribution in [0.5, 0.6) is 0 Å². The van der Waals surface area contributed by atoms with Gasteiger partial charge in [-0.25, -0.2) is 0 Å². The quantitative estimate of drug-likeness (QED) is 0.769. The van der Waals surface area contributed by atoms with Gasteiger partial charge in [0.15, 0.2) is 0 Å². The number of halogens is 3. The van der Waals surface area contributed by atoms with Gasteiger partial charge in [0.25, 0.3) is 0 Å². The van der Waals surface area contributed by atoms with Crippen molar-refractivity contribution in [3.05, 3.63) is 54.6 Å². The third-order valence-electron chi connectivity index (χ3n) is 3.12. The standard InChI is InChI=1S/C15H15F3O2S/c16-21(17,18,11-10-15(19)20)14-9-5-4-8-13(14)12-6-2-1-3-7-12/h1-9,21H,10-11H2,(H,19,20). The predicted octanol–water partition coefficient (Wildman–Crippen LogP) is 4.91. The summed E-state index contributed by atoms with van der Waals surface area (Å²) < 4.78 is 43.1. The van der Waals surface area contributed by atoms with Gasteiger partial charge in [-0.3, -0.25) is 4.79 Å². The van der Waals surface area contributed by atoms with Crippen molar-refractivity contribution in [2.24, 2.45) is 0 Å². The van der Waals surface area contributed by atoms with E-state index in [1.807, 2.05) is 0 Å². The minimum absolute atomic E-state index is 0.105. The van der Waals surface area contributed by atoms with E-state index in [1.54, 1.807) is 36.4 Å². The van der Waals surface area contributed by atoms with Crippen molar-refractivity contribution in [3.63, 3.8) is 0 Å². The molecule has 6 heteroatoms. The first-order valence-electron chi connectivity index (χ1n) is 6.32. The van der Waals surface area contributed by atoms with Gasteiger partial charge in [0.1, 0.15) is 0 Å². The Morgan fingerprint density at radius 1 is 0.952 bits per heavy atom. The Kier molecular flexibility index (Phi) is 4.00. The fourth-order valence-corrected chi connectivity index (χ4v) is 3.90. The fourth-order valence-electron chi connectivity index (χ4n) is 2.09. The van der Waals surface area contributed by atoms with Crippen molar-refractivity contribution in [2.75, 3.05) is 5.75 Å². The first-order chi connectivity index (χ1) is 9.78. The Bertz CT molecular complexity index is 651. The van der Waals surface area contributed by atoms with Crippen LogP contribution in [0.25, 0.3) is 11.1 Å². The summed E-state index contributed by atoms with van der Waals surface area (Å²) in [6.45, 7) is 0. The maximum Gasteiger partial charge on any atom is 0.304 e. The molecule has 0 aliphatic carbocycles. The Morgan fingerprint density at radius 2 is 1.52 bits per heavy atom. The van der Waals surface area contributed by atoms with Gasteiger partial charge in [-0.05, 0) is 17.2 Å². The molecular weight excluding hydrogens is 301 g/mol. The highest BCUT2D eigenvalue weighted by molar-refractivity contribution is 8.37. The number of benzene rings is 2. The second-order valence-electron chi connectivity index (χ2n) is 4.71. The lowest BCUT2D eigenvalue weighted by Gasteiger charge is -2.39. The molecule has 0 spiro atoms. The molecule has 2 aromatic carbocycles. The Hall–Kier alpha value is -1.95. The number of thiol groups is 1. The summed E-state index contributed by atoms with van der Waals surface area (Å²) in [6, 6.07) is 13.7. The van der Waals surface area contributed by atoms with Gasteiger partial charge in [-0.15, -0.1) is 0 Å². The number of carboxylic acid groups (broad SMARTS) is 1. The van der Waals surface area contributed by atoms with Crippen LogP contribution in [-0.2, 0) is 4.79 Å². The molecule has 114 valence electrons. The number of carbonyl (C=O) groups is 1. The van der Waals surface area contributed by atoms with Crippen molar-refractivity contribution < 1.29 is 21.6 Å². The first-order valence-corrected chi connectivity index (χ1v) is 8.41. The van der Waals surface area contributed by atoms with Crippen LogP contribution in [0.4, 0.5) is 11.7 Å². The molecule has 21 heavy (non-hydrogen) atoms. The summed E-state index contributed by atoms with van der Waals surface area (Å²) >= 11 is 0. The highest BCUT2D eigenvalue weighted by Crippen LogP contribution is 2.81. The second kappa shape index (κ2) is 5.44. The van der Waals surface area contributed by atoms with Crippen LogP contribution >= 0.6 is 10.3 Å². The van der Waals surface area contributed by atoms with Crippen LogP contribution in [0.3, 0.4) is 0 Å². The molecule has 0 radical (unpaired) electrons. The van der Waals surface area contributed by atoms with Gasteiger partial charge in [-0.2, -0.15) is 11.7 Å². The monoisotopic (exact) mass is 316 g/mol. The lowest BCUT2D eigenvalue weighted by atomic mass is 10.1. The maximum absolute atomic E-state index is 14.4. The van der Waals surface area contributed by atoms with Crippen LogP contribution in [0.15, 0.2) is 59.5 Å². The molecule has 0 bridgehead atoms. The molecular formula is C15H15F3O2S. The smallest absolute Gasteiger partial charge is 0.304 e. The average molecular weight is 316 g/mol. The number of hydrogen-bond acceptors (Lipinski definition) is 1. The van der Waals surface area contributed by atoms with E-state index >= 15 is 0 Å². The van der Waals surface area contributed by atoms with Gasteiger partial charge >= 0.3 is 5.97 Å². The van der Waals surface area contributed by atoms with E-state index in [9.17, 15) is 16.5 Å². The number of rotatable bonds is 5. The summed E-state index contributed by atoms with van der Waals surface area (Å²) in [5, 5.41) is 8.55. The Morgan fingerprint density at radius 3 is 2.14 bits per heavy atom.